The minimum atomic E-state index is 0.128. The Morgan fingerprint density at radius 3 is 2.71 bits per heavy atom. The Morgan fingerprint density at radius 2 is 1.96 bits per heavy atom. The van der Waals surface area contributed by atoms with Crippen molar-refractivity contribution in [2.24, 2.45) is 0 Å². The summed E-state index contributed by atoms with van der Waals surface area (Å²) in [6.07, 6.45) is 7.70. The van der Waals surface area contributed by atoms with Crippen molar-refractivity contribution < 1.29 is 9.53 Å². The van der Waals surface area contributed by atoms with Crippen LogP contribution in [0.3, 0.4) is 0 Å². The maximum atomic E-state index is 11.8. The van der Waals surface area contributed by atoms with Crippen LogP contribution in [-0.2, 0) is 4.79 Å². The van der Waals surface area contributed by atoms with Crippen molar-refractivity contribution in [3.8, 4) is 5.75 Å². The van der Waals surface area contributed by atoms with Gasteiger partial charge in [-0.15, -0.1) is 0 Å². The third-order valence-electron chi connectivity index (χ3n) is 4.28. The molecule has 1 aliphatic heterocycles. The molecule has 1 aromatic rings. The van der Waals surface area contributed by atoms with Gasteiger partial charge < -0.3 is 15.0 Å². The van der Waals surface area contributed by atoms with Crippen LogP contribution in [0.5, 0.6) is 5.75 Å². The molecule has 1 N–H and O–H groups in total. The Hall–Kier alpha value is -1.07. The molecule has 1 aromatic carbocycles. The van der Waals surface area contributed by atoms with Crippen LogP contribution in [0.4, 0.5) is 0 Å². The van der Waals surface area contributed by atoms with Gasteiger partial charge in [-0.05, 0) is 63.5 Å². The fourth-order valence-corrected chi connectivity index (χ4v) is 3.34. The molecule has 0 spiro atoms. The van der Waals surface area contributed by atoms with Gasteiger partial charge in [-0.3, -0.25) is 4.79 Å². The van der Waals surface area contributed by atoms with Gasteiger partial charge in [-0.2, -0.15) is 0 Å². The fraction of sp³-hybridized carbons (Fsp3) is 0.632. The van der Waals surface area contributed by atoms with Crippen LogP contribution >= 0.6 is 15.9 Å². The molecule has 0 bridgehead atoms. The summed E-state index contributed by atoms with van der Waals surface area (Å²) < 4.78 is 6.64. The number of likely N-dealkylation sites (tertiary alicyclic amines) is 1. The molecule has 134 valence electrons. The molecule has 0 aromatic heterocycles. The lowest BCUT2D eigenvalue weighted by Crippen LogP contribution is -2.30. The van der Waals surface area contributed by atoms with Gasteiger partial charge in [0.2, 0.25) is 5.91 Å². The van der Waals surface area contributed by atoms with Gasteiger partial charge in [-0.25, -0.2) is 0 Å². The lowest BCUT2D eigenvalue weighted by atomic mass is 10.2. The molecule has 0 aliphatic carbocycles. The molecule has 1 aliphatic rings. The van der Waals surface area contributed by atoms with E-state index in [9.17, 15) is 4.79 Å². The van der Waals surface area contributed by atoms with Crippen molar-refractivity contribution in [2.45, 2.75) is 44.9 Å². The summed E-state index contributed by atoms with van der Waals surface area (Å²) in [6.45, 7) is 4.90. The van der Waals surface area contributed by atoms with Crippen LogP contribution in [0.2, 0.25) is 0 Å². The van der Waals surface area contributed by atoms with Crippen molar-refractivity contribution in [1.29, 1.82) is 0 Å². The number of nitrogens with one attached hydrogen (secondary N) is 1. The third-order valence-corrected chi connectivity index (χ3v) is 4.78. The van der Waals surface area contributed by atoms with E-state index in [0.29, 0.717) is 13.0 Å². The van der Waals surface area contributed by atoms with E-state index in [1.807, 2.05) is 24.3 Å². The van der Waals surface area contributed by atoms with Gasteiger partial charge in [0.15, 0.2) is 0 Å². The maximum Gasteiger partial charge on any atom is 0.220 e. The third kappa shape index (κ3) is 8.15. The summed E-state index contributed by atoms with van der Waals surface area (Å²) in [7, 11) is 0. The number of carbonyl (C=O) groups is 1. The molecule has 1 saturated heterocycles. The van der Waals surface area contributed by atoms with Crippen molar-refractivity contribution >= 4 is 21.8 Å². The van der Waals surface area contributed by atoms with Gasteiger partial charge in [0.05, 0.1) is 6.61 Å². The van der Waals surface area contributed by atoms with Crippen molar-refractivity contribution in [2.75, 3.05) is 32.8 Å². The molecule has 1 amide bonds. The number of rotatable bonds is 9. The average molecular weight is 397 g/mol. The number of ether oxygens (including phenoxy) is 1. The topological polar surface area (TPSA) is 41.6 Å². The normalized spacial score (nSPS) is 15.7. The fourth-order valence-electron chi connectivity index (χ4n) is 2.96. The van der Waals surface area contributed by atoms with E-state index in [1.165, 1.54) is 38.8 Å². The van der Waals surface area contributed by atoms with Crippen LogP contribution in [-0.4, -0.2) is 43.6 Å². The lowest BCUT2D eigenvalue weighted by Gasteiger charge is -2.19. The SMILES string of the molecule is O=C(CCCOc1cccc(Br)c1)NCCCN1CCCCCC1. The van der Waals surface area contributed by atoms with Gasteiger partial charge in [0, 0.05) is 17.4 Å². The second kappa shape index (κ2) is 11.5. The van der Waals surface area contributed by atoms with Crippen LogP contribution < -0.4 is 10.1 Å². The highest BCUT2D eigenvalue weighted by atomic mass is 79.9. The van der Waals surface area contributed by atoms with Crippen LogP contribution in [0.25, 0.3) is 0 Å². The first kappa shape index (κ1) is 19.3. The smallest absolute Gasteiger partial charge is 0.220 e. The summed E-state index contributed by atoms with van der Waals surface area (Å²) in [5.41, 5.74) is 0. The van der Waals surface area contributed by atoms with E-state index in [2.05, 4.69) is 26.1 Å². The number of carbonyl (C=O) groups excluding carboxylic acids is 1. The van der Waals surface area contributed by atoms with E-state index >= 15 is 0 Å². The number of nitrogens with zero attached hydrogens (tertiary/aromatic N) is 1. The molecule has 0 radical (unpaired) electrons. The van der Waals surface area contributed by atoms with E-state index in [4.69, 9.17) is 4.74 Å². The van der Waals surface area contributed by atoms with Gasteiger partial charge in [0.25, 0.3) is 0 Å². The minimum Gasteiger partial charge on any atom is -0.494 e. The minimum absolute atomic E-state index is 0.128. The van der Waals surface area contributed by atoms with Crippen LogP contribution in [0.15, 0.2) is 28.7 Å². The van der Waals surface area contributed by atoms with E-state index in [0.717, 1.165) is 36.2 Å². The molecule has 0 saturated carbocycles. The summed E-state index contributed by atoms with van der Waals surface area (Å²) >= 11 is 3.41. The summed E-state index contributed by atoms with van der Waals surface area (Å²) in [4.78, 5) is 14.4. The quantitative estimate of drug-likeness (QED) is 0.641. The first-order valence-corrected chi connectivity index (χ1v) is 9.91. The highest BCUT2D eigenvalue weighted by molar-refractivity contribution is 9.10. The molecule has 1 fully saturated rings. The molecule has 5 heteroatoms. The first-order chi connectivity index (χ1) is 11.7. The summed E-state index contributed by atoms with van der Waals surface area (Å²) in [5, 5.41) is 3.02. The van der Waals surface area contributed by atoms with Gasteiger partial charge in [0.1, 0.15) is 5.75 Å². The van der Waals surface area contributed by atoms with Crippen molar-refractivity contribution in [3.05, 3.63) is 28.7 Å². The predicted molar refractivity (Wildman–Crippen MR) is 101 cm³/mol. The second-order valence-corrected chi connectivity index (χ2v) is 7.28. The highest BCUT2D eigenvalue weighted by Gasteiger charge is 2.08. The standard InChI is InChI=1S/C19H29BrN2O2/c20-17-8-5-9-18(16-17)24-15-6-10-19(23)21-11-7-14-22-12-3-1-2-4-13-22/h5,8-9,16H,1-4,6-7,10-15H2,(H,21,23). The van der Waals surface area contributed by atoms with E-state index < -0.39 is 0 Å². The maximum absolute atomic E-state index is 11.8. The Balaban J connectivity index is 1.47. The zero-order valence-electron chi connectivity index (χ0n) is 14.4. The number of hydrogen-bond donors (Lipinski definition) is 1. The summed E-state index contributed by atoms with van der Waals surface area (Å²) in [5.74, 6) is 0.964. The lowest BCUT2D eigenvalue weighted by molar-refractivity contribution is -0.121. The number of benzene rings is 1. The highest BCUT2D eigenvalue weighted by Crippen LogP contribution is 2.17. The molecule has 4 nitrogen and oxygen atoms in total. The molecule has 0 atom stereocenters. The number of hydrogen-bond acceptors (Lipinski definition) is 3. The van der Waals surface area contributed by atoms with Crippen molar-refractivity contribution in [1.82, 2.24) is 10.2 Å². The Labute approximate surface area is 154 Å². The average Bonchev–Trinajstić information content (AvgIpc) is 2.84. The molecule has 2 rings (SSSR count). The Kier molecular flexibility index (Phi) is 9.21. The Bertz CT molecular complexity index is 488. The van der Waals surface area contributed by atoms with E-state index in [1.54, 1.807) is 0 Å². The predicted octanol–water partition coefficient (Wildman–Crippen LogP) is 3.99. The molecular weight excluding hydrogens is 368 g/mol. The van der Waals surface area contributed by atoms with Crippen LogP contribution in [0, 0.1) is 0 Å². The largest absolute Gasteiger partial charge is 0.494 e. The zero-order chi connectivity index (χ0) is 17.0. The molecule has 1 heterocycles. The summed E-state index contributed by atoms with van der Waals surface area (Å²) in [6, 6.07) is 7.76. The van der Waals surface area contributed by atoms with Crippen LogP contribution in [0.1, 0.15) is 44.9 Å². The van der Waals surface area contributed by atoms with Gasteiger partial charge >= 0.3 is 0 Å². The number of halogens is 1. The monoisotopic (exact) mass is 396 g/mol. The van der Waals surface area contributed by atoms with Crippen molar-refractivity contribution in [3.63, 3.8) is 0 Å². The molecular formula is C19H29BrN2O2. The van der Waals surface area contributed by atoms with E-state index in [-0.39, 0.29) is 5.91 Å². The molecule has 24 heavy (non-hydrogen) atoms. The Morgan fingerprint density at radius 1 is 1.17 bits per heavy atom. The van der Waals surface area contributed by atoms with Gasteiger partial charge in [-0.1, -0.05) is 34.8 Å². The number of amides is 1. The molecule has 0 unspecified atom stereocenters. The zero-order valence-corrected chi connectivity index (χ0v) is 16.0. The first-order valence-electron chi connectivity index (χ1n) is 9.11. The second-order valence-electron chi connectivity index (χ2n) is 6.37.